The average Bonchev–Trinajstić information content (AvgIpc) is 2.52. The largest absolute Gasteiger partial charge is 0.467 e. The zero-order valence-electron chi connectivity index (χ0n) is 11.7. The Bertz CT molecular complexity index is 602. The van der Waals surface area contributed by atoms with Crippen molar-refractivity contribution < 1.29 is 14.2 Å². The van der Waals surface area contributed by atoms with Crippen molar-refractivity contribution in [3.05, 3.63) is 53.3 Å². The van der Waals surface area contributed by atoms with Gasteiger partial charge in [-0.2, -0.15) is 0 Å². The van der Waals surface area contributed by atoms with E-state index < -0.39 is 0 Å². The highest BCUT2D eigenvalue weighted by Gasteiger charge is 2.16. The minimum Gasteiger partial charge on any atom is -0.467 e. The highest BCUT2D eigenvalue weighted by Crippen LogP contribution is 2.31. The molecule has 2 aromatic rings. The van der Waals surface area contributed by atoms with Gasteiger partial charge in [0.2, 0.25) is 0 Å². The number of aromatic nitrogens is 1. The van der Waals surface area contributed by atoms with Gasteiger partial charge >= 0.3 is 0 Å². The van der Waals surface area contributed by atoms with Crippen LogP contribution < -0.4 is 10.5 Å². The lowest BCUT2D eigenvalue weighted by atomic mass is 10.1. The summed E-state index contributed by atoms with van der Waals surface area (Å²) in [5.74, 6) is 0.841. The second-order valence-electron chi connectivity index (χ2n) is 4.90. The molecule has 5 heteroatoms. The van der Waals surface area contributed by atoms with Crippen LogP contribution in [0.1, 0.15) is 16.8 Å². The molecule has 2 heterocycles. The van der Waals surface area contributed by atoms with Crippen LogP contribution in [0.2, 0.25) is 0 Å². The number of anilines is 1. The molecule has 1 aromatic heterocycles. The Labute approximate surface area is 123 Å². The fourth-order valence-electron chi connectivity index (χ4n) is 2.34. The molecule has 1 aliphatic rings. The maximum absolute atomic E-state index is 5.90. The summed E-state index contributed by atoms with van der Waals surface area (Å²) in [5, 5.41) is 0. The Hall–Kier alpha value is -2.11. The first-order valence-corrected chi connectivity index (χ1v) is 6.92. The lowest BCUT2D eigenvalue weighted by molar-refractivity contribution is -0.0183. The number of hydrogen-bond donors (Lipinski definition) is 1. The fraction of sp³-hybridized carbons (Fsp3) is 0.312. The first-order chi connectivity index (χ1) is 10.3. The minimum atomic E-state index is 0.276. The van der Waals surface area contributed by atoms with E-state index in [2.05, 4.69) is 4.98 Å². The van der Waals surface area contributed by atoms with Crippen LogP contribution in [-0.4, -0.2) is 18.4 Å². The van der Waals surface area contributed by atoms with Crippen LogP contribution in [0.15, 0.2) is 36.5 Å². The predicted molar refractivity (Wildman–Crippen MR) is 78.7 cm³/mol. The molecule has 110 valence electrons. The number of nitrogens with two attached hydrogens (primary N) is 1. The van der Waals surface area contributed by atoms with Gasteiger partial charge in [-0.15, -0.1) is 0 Å². The van der Waals surface area contributed by atoms with Crippen LogP contribution in [0, 0.1) is 0 Å². The zero-order valence-corrected chi connectivity index (χ0v) is 11.7. The number of ether oxygens (including phenoxy) is 3. The van der Waals surface area contributed by atoms with Crippen molar-refractivity contribution >= 4 is 5.69 Å². The van der Waals surface area contributed by atoms with Gasteiger partial charge in [0.05, 0.1) is 19.8 Å². The molecule has 0 radical (unpaired) electrons. The fourth-order valence-corrected chi connectivity index (χ4v) is 2.34. The maximum atomic E-state index is 5.90. The molecule has 0 spiro atoms. The van der Waals surface area contributed by atoms with E-state index in [-0.39, 0.29) is 6.79 Å². The number of hydrogen-bond acceptors (Lipinski definition) is 5. The van der Waals surface area contributed by atoms with Gasteiger partial charge in [0.15, 0.2) is 6.79 Å². The molecule has 0 bridgehead atoms. The quantitative estimate of drug-likeness (QED) is 0.674. The molecule has 1 aliphatic heterocycles. The van der Waals surface area contributed by atoms with Gasteiger partial charge in [-0.3, -0.25) is 4.98 Å². The number of rotatable bonds is 5. The van der Waals surface area contributed by atoms with E-state index in [4.69, 9.17) is 19.9 Å². The van der Waals surface area contributed by atoms with Crippen molar-refractivity contribution in [2.45, 2.75) is 19.6 Å². The Balaban J connectivity index is 1.59. The van der Waals surface area contributed by atoms with Crippen molar-refractivity contribution in [1.29, 1.82) is 0 Å². The van der Waals surface area contributed by atoms with E-state index in [0.717, 1.165) is 29.0 Å². The summed E-state index contributed by atoms with van der Waals surface area (Å²) in [6, 6.07) is 9.65. The summed E-state index contributed by atoms with van der Waals surface area (Å²) >= 11 is 0. The Morgan fingerprint density at radius 2 is 2.24 bits per heavy atom. The van der Waals surface area contributed by atoms with E-state index in [1.165, 1.54) is 0 Å². The molecular formula is C16H18N2O3. The smallest absolute Gasteiger partial charge is 0.189 e. The SMILES string of the molecule is Nc1cc(COCCc2ccccn2)c2c(c1)COCO2. The summed E-state index contributed by atoms with van der Waals surface area (Å²) in [6.45, 7) is 1.89. The monoisotopic (exact) mass is 286 g/mol. The van der Waals surface area contributed by atoms with Gasteiger partial charge in [0.25, 0.3) is 0 Å². The van der Waals surface area contributed by atoms with E-state index in [1.807, 2.05) is 30.3 Å². The summed E-state index contributed by atoms with van der Waals surface area (Å²) in [5.41, 5.74) is 9.57. The second kappa shape index (κ2) is 6.56. The van der Waals surface area contributed by atoms with E-state index in [1.54, 1.807) is 6.20 Å². The lowest BCUT2D eigenvalue weighted by Crippen LogP contribution is -2.14. The number of benzene rings is 1. The van der Waals surface area contributed by atoms with E-state index in [9.17, 15) is 0 Å². The third kappa shape index (κ3) is 3.51. The molecular weight excluding hydrogens is 268 g/mol. The van der Waals surface area contributed by atoms with Crippen LogP contribution in [0.4, 0.5) is 5.69 Å². The Morgan fingerprint density at radius 1 is 1.29 bits per heavy atom. The molecule has 0 unspecified atom stereocenters. The van der Waals surface area contributed by atoms with Crippen molar-refractivity contribution in [3.8, 4) is 5.75 Å². The molecule has 0 atom stereocenters. The first-order valence-electron chi connectivity index (χ1n) is 6.92. The zero-order chi connectivity index (χ0) is 14.5. The van der Waals surface area contributed by atoms with Crippen LogP contribution in [0.25, 0.3) is 0 Å². The van der Waals surface area contributed by atoms with E-state index >= 15 is 0 Å². The summed E-state index contributed by atoms with van der Waals surface area (Å²) < 4.78 is 16.5. The van der Waals surface area contributed by atoms with Gasteiger partial charge in [0.1, 0.15) is 5.75 Å². The molecule has 3 rings (SSSR count). The van der Waals surface area contributed by atoms with Crippen molar-refractivity contribution in [1.82, 2.24) is 4.98 Å². The summed E-state index contributed by atoms with van der Waals surface area (Å²) in [7, 11) is 0. The normalized spacial score (nSPS) is 13.5. The summed E-state index contributed by atoms with van der Waals surface area (Å²) in [6.07, 6.45) is 2.58. The van der Waals surface area contributed by atoms with Crippen molar-refractivity contribution in [2.24, 2.45) is 0 Å². The molecule has 21 heavy (non-hydrogen) atoms. The van der Waals surface area contributed by atoms with Gasteiger partial charge in [-0.05, 0) is 24.3 Å². The number of nitrogen functional groups attached to an aromatic ring is 1. The highest BCUT2D eigenvalue weighted by atomic mass is 16.7. The Morgan fingerprint density at radius 3 is 3.10 bits per heavy atom. The van der Waals surface area contributed by atoms with Gasteiger partial charge in [0, 0.05) is 35.1 Å². The molecule has 2 N–H and O–H groups in total. The molecule has 0 fully saturated rings. The molecule has 5 nitrogen and oxygen atoms in total. The van der Waals surface area contributed by atoms with Crippen LogP contribution in [-0.2, 0) is 29.1 Å². The third-order valence-electron chi connectivity index (χ3n) is 3.30. The number of pyridine rings is 1. The van der Waals surface area contributed by atoms with Crippen LogP contribution >= 0.6 is 0 Å². The predicted octanol–water partition coefficient (Wildman–Crippen LogP) is 2.29. The van der Waals surface area contributed by atoms with Gasteiger partial charge in [-0.1, -0.05) is 6.07 Å². The standard InChI is InChI=1S/C16H18N2O3/c17-14-7-12(16-13(8-14)10-20-11-21-16)9-19-6-4-15-3-1-2-5-18-15/h1-3,5,7-8H,4,6,9-11,17H2. The minimum absolute atomic E-state index is 0.276. The van der Waals surface area contributed by atoms with Crippen molar-refractivity contribution in [2.75, 3.05) is 19.1 Å². The molecule has 0 amide bonds. The van der Waals surface area contributed by atoms with Gasteiger partial charge < -0.3 is 19.9 Å². The number of nitrogens with zero attached hydrogens (tertiary/aromatic N) is 1. The topological polar surface area (TPSA) is 66.6 Å². The van der Waals surface area contributed by atoms with E-state index in [0.29, 0.717) is 25.5 Å². The molecule has 0 saturated heterocycles. The first kappa shape index (κ1) is 13.9. The van der Waals surface area contributed by atoms with Crippen molar-refractivity contribution in [3.63, 3.8) is 0 Å². The Kier molecular flexibility index (Phi) is 4.33. The number of fused-ring (bicyclic) bond motifs is 1. The molecule has 0 aliphatic carbocycles. The van der Waals surface area contributed by atoms with Gasteiger partial charge in [-0.25, -0.2) is 0 Å². The molecule has 0 saturated carbocycles. The second-order valence-corrected chi connectivity index (χ2v) is 4.90. The van der Waals surface area contributed by atoms with Crippen LogP contribution in [0.3, 0.4) is 0 Å². The maximum Gasteiger partial charge on any atom is 0.189 e. The third-order valence-corrected chi connectivity index (χ3v) is 3.30. The average molecular weight is 286 g/mol. The lowest BCUT2D eigenvalue weighted by Gasteiger charge is -2.21. The summed E-state index contributed by atoms with van der Waals surface area (Å²) in [4.78, 5) is 4.27. The molecule has 1 aromatic carbocycles. The van der Waals surface area contributed by atoms with Crippen LogP contribution in [0.5, 0.6) is 5.75 Å². The highest BCUT2D eigenvalue weighted by molar-refractivity contribution is 5.53.